The van der Waals surface area contributed by atoms with Crippen molar-refractivity contribution in [3.8, 4) is 0 Å². The molecule has 0 bridgehead atoms. The lowest BCUT2D eigenvalue weighted by molar-refractivity contribution is -0.0292. The smallest absolute Gasteiger partial charge is 0.266 e. The second kappa shape index (κ2) is 4.18. The van der Waals surface area contributed by atoms with Gasteiger partial charge in [0.1, 0.15) is 18.1 Å². The fourth-order valence-corrected chi connectivity index (χ4v) is 2.68. The second-order valence-corrected chi connectivity index (χ2v) is 4.75. The summed E-state index contributed by atoms with van der Waals surface area (Å²) >= 11 is 0. The SMILES string of the molecule is CC1=CCCC1(O)c1ccccc1C1OC=CO1. The van der Waals surface area contributed by atoms with Gasteiger partial charge in [0.15, 0.2) is 0 Å². The Morgan fingerprint density at radius 2 is 1.94 bits per heavy atom. The summed E-state index contributed by atoms with van der Waals surface area (Å²) in [6, 6.07) is 7.76. The largest absolute Gasteiger partial charge is 0.455 e. The van der Waals surface area contributed by atoms with E-state index in [2.05, 4.69) is 6.08 Å². The molecule has 1 aromatic rings. The van der Waals surface area contributed by atoms with Gasteiger partial charge in [0.05, 0.1) is 0 Å². The maximum atomic E-state index is 10.9. The molecule has 0 radical (unpaired) electrons. The van der Waals surface area contributed by atoms with Crippen molar-refractivity contribution in [1.82, 2.24) is 0 Å². The van der Waals surface area contributed by atoms with Gasteiger partial charge in [0.2, 0.25) is 0 Å². The third-order valence-electron chi connectivity index (χ3n) is 3.73. The van der Waals surface area contributed by atoms with E-state index in [1.54, 1.807) is 0 Å². The molecule has 3 rings (SSSR count). The average molecular weight is 244 g/mol. The lowest BCUT2D eigenvalue weighted by Crippen LogP contribution is -2.26. The standard InChI is InChI=1S/C15H16O3/c1-11-5-4-8-15(11,16)13-7-3-2-6-12(13)14-17-9-10-18-14/h2-3,5-7,9-10,14,16H,4,8H2,1H3. The van der Waals surface area contributed by atoms with Gasteiger partial charge in [-0.25, -0.2) is 0 Å². The maximum Gasteiger partial charge on any atom is 0.266 e. The summed E-state index contributed by atoms with van der Waals surface area (Å²) in [5, 5.41) is 10.9. The van der Waals surface area contributed by atoms with Crippen LogP contribution in [0.4, 0.5) is 0 Å². The highest BCUT2D eigenvalue weighted by molar-refractivity contribution is 5.41. The molecule has 1 atom stereocenters. The summed E-state index contributed by atoms with van der Waals surface area (Å²) in [6.07, 6.45) is 6.33. The van der Waals surface area contributed by atoms with Crippen molar-refractivity contribution < 1.29 is 14.6 Å². The van der Waals surface area contributed by atoms with Crippen molar-refractivity contribution in [2.45, 2.75) is 31.7 Å². The molecule has 3 nitrogen and oxygen atoms in total. The molecule has 1 unspecified atom stereocenters. The molecule has 3 heteroatoms. The van der Waals surface area contributed by atoms with Crippen LogP contribution in [0.2, 0.25) is 0 Å². The van der Waals surface area contributed by atoms with Crippen LogP contribution in [0.3, 0.4) is 0 Å². The Balaban J connectivity index is 2.04. The minimum atomic E-state index is -0.883. The van der Waals surface area contributed by atoms with Crippen molar-refractivity contribution in [2.24, 2.45) is 0 Å². The summed E-state index contributed by atoms with van der Waals surface area (Å²) in [6.45, 7) is 1.97. The summed E-state index contributed by atoms with van der Waals surface area (Å²) < 4.78 is 10.8. The highest BCUT2D eigenvalue weighted by atomic mass is 16.7. The Hall–Kier alpha value is -1.74. The first-order valence-corrected chi connectivity index (χ1v) is 6.17. The van der Waals surface area contributed by atoms with Crippen molar-refractivity contribution in [1.29, 1.82) is 0 Å². The monoisotopic (exact) mass is 244 g/mol. The molecule has 1 N–H and O–H groups in total. The Kier molecular flexibility index (Phi) is 2.63. The van der Waals surface area contributed by atoms with E-state index < -0.39 is 11.9 Å². The number of hydrogen-bond donors (Lipinski definition) is 1. The second-order valence-electron chi connectivity index (χ2n) is 4.75. The van der Waals surface area contributed by atoms with E-state index in [0.717, 1.165) is 29.5 Å². The number of ether oxygens (including phenoxy) is 2. The molecular weight excluding hydrogens is 228 g/mol. The number of allylic oxidation sites excluding steroid dienone is 1. The molecule has 0 saturated heterocycles. The quantitative estimate of drug-likeness (QED) is 0.812. The van der Waals surface area contributed by atoms with Crippen molar-refractivity contribution in [3.05, 3.63) is 59.6 Å². The normalized spacial score (nSPS) is 26.9. The van der Waals surface area contributed by atoms with Gasteiger partial charge < -0.3 is 14.6 Å². The zero-order chi connectivity index (χ0) is 12.6. The molecule has 2 aliphatic rings. The highest BCUT2D eigenvalue weighted by Crippen LogP contribution is 2.43. The third-order valence-corrected chi connectivity index (χ3v) is 3.73. The molecule has 0 amide bonds. The summed E-state index contributed by atoms with van der Waals surface area (Å²) in [4.78, 5) is 0. The highest BCUT2D eigenvalue weighted by Gasteiger charge is 2.38. The van der Waals surface area contributed by atoms with Gasteiger partial charge in [0, 0.05) is 5.56 Å². The van der Waals surface area contributed by atoms with Gasteiger partial charge in [-0.3, -0.25) is 0 Å². The van der Waals surface area contributed by atoms with Crippen LogP contribution >= 0.6 is 0 Å². The predicted octanol–water partition coefficient (Wildman–Crippen LogP) is 3.13. The van der Waals surface area contributed by atoms with E-state index in [9.17, 15) is 5.11 Å². The Morgan fingerprint density at radius 1 is 1.22 bits per heavy atom. The van der Waals surface area contributed by atoms with Gasteiger partial charge >= 0.3 is 0 Å². The Morgan fingerprint density at radius 3 is 2.61 bits per heavy atom. The van der Waals surface area contributed by atoms with E-state index in [1.807, 2.05) is 31.2 Å². The van der Waals surface area contributed by atoms with E-state index in [4.69, 9.17) is 9.47 Å². The number of benzene rings is 1. The fourth-order valence-electron chi connectivity index (χ4n) is 2.68. The predicted molar refractivity (Wildman–Crippen MR) is 67.4 cm³/mol. The van der Waals surface area contributed by atoms with E-state index in [-0.39, 0.29) is 0 Å². The summed E-state index contributed by atoms with van der Waals surface area (Å²) in [5.41, 5.74) is 1.89. The molecule has 0 aromatic heterocycles. The molecule has 18 heavy (non-hydrogen) atoms. The first kappa shape index (κ1) is 11.4. The first-order valence-electron chi connectivity index (χ1n) is 6.17. The molecule has 1 heterocycles. The lowest BCUT2D eigenvalue weighted by atomic mass is 9.85. The molecular formula is C15H16O3. The molecule has 1 aliphatic heterocycles. The molecule has 1 aliphatic carbocycles. The van der Waals surface area contributed by atoms with Crippen LogP contribution in [0.15, 0.2) is 48.4 Å². The van der Waals surface area contributed by atoms with Crippen molar-refractivity contribution in [3.63, 3.8) is 0 Å². The molecule has 0 fully saturated rings. The van der Waals surface area contributed by atoms with Crippen LogP contribution in [0.5, 0.6) is 0 Å². The lowest BCUT2D eigenvalue weighted by Gasteiger charge is -2.29. The average Bonchev–Trinajstić information content (AvgIpc) is 3.01. The molecule has 0 spiro atoms. The van der Waals surface area contributed by atoms with E-state index >= 15 is 0 Å². The van der Waals surface area contributed by atoms with Gasteiger partial charge in [-0.15, -0.1) is 0 Å². The van der Waals surface area contributed by atoms with Crippen molar-refractivity contribution in [2.75, 3.05) is 0 Å². The summed E-state index contributed by atoms with van der Waals surface area (Å²) in [5.74, 6) is 0. The van der Waals surface area contributed by atoms with Crippen LogP contribution in [0, 0.1) is 0 Å². The van der Waals surface area contributed by atoms with Crippen LogP contribution in [-0.2, 0) is 15.1 Å². The van der Waals surface area contributed by atoms with Gasteiger partial charge in [-0.1, -0.05) is 30.3 Å². The first-order chi connectivity index (χ1) is 8.72. The maximum absolute atomic E-state index is 10.9. The summed E-state index contributed by atoms with van der Waals surface area (Å²) in [7, 11) is 0. The number of aliphatic hydroxyl groups is 1. The van der Waals surface area contributed by atoms with Gasteiger partial charge in [-0.05, 0) is 30.9 Å². The Bertz CT molecular complexity index is 510. The van der Waals surface area contributed by atoms with Crippen LogP contribution in [0.25, 0.3) is 0 Å². The van der Waals surface area contributed by atoms with Gasteiger partial charge in [-0.2, -0.15) is 0 Å². The van der Waals surface area contributed by atoms with Crippen LogP contribution < -0.4 is 0 Å². The topological polar surface area (TPSA) is 38.7 Å². The number of rotatable bonds is 2. The third kappa shape index (κ3) is 1.63. The fraction of sp³-hybridized carbons (Fsp3) is 0.333. The molecule has 94 valence electrons. The Labute approximate surface area is 106 Å². The minimum absolute atomic E-state index is 0.446. The molecule has 0 saturated carbocycles. The van der Waals surface area contributed by atoms with Crippen LogP contribution in [-0.4, -0.2) is 5.11 Å². The minimum Gasteiger partial charge on any atom is -0.455 e. The van der Waals surface area contributed by atoms with E-state index in [0.29, 0.717) is 0 Å². The zero-order valence-corrected chi connectivity index (χ0v) is 10.3. The van der Waals surface area contributed by atoms with E-state index in [1.165, 1.54) is 12.5 Å². The molecule has 1 aromatic carbocycles. The number of hydrogen-bond acceptors (Lipinski definition) is 3. The zero-order valence-electron chi connectivity index (χ0n) is 10.3. The van der Waals surface area contributed by atoms with Crippen molar-refractivity contribution >= 4 is 0 Å². The van der Waals surface area contributed by atoms with Crippen LogP contribution in [0.1, 0.15) is 37.2 Å². The van der Waals surface area contributed by atoms with Gasteiger partial charge in [0.25, 0.3) is 6.29 Å².